The van der Waals surface area contributed by atoms with Crippen LogP contribution in [0.4, 0.5) is 4.79 Å². The first-order valence-corrected chi connectivity index (χ1v) is 8.88. The van der Waals surface area contributed by atoms with Crippen molar-refractivity contribution < 1.29 is 9.53 Å². The monoisotopic (exact) mass is 309 g/mol. The molecule has 1 amide bonds. The van der Waals surface area contributed by atoms with Gasteiger partial charge in [-0.3, -0.25) is 4.90 Å². The normalized spacial score (nSPS) is 28.8. The zero-order valence-electron chi connectivity index (χ0n) is 14.3. The number of amides is 1. The molecule has 1 saturated carbocycles. The summed E-state index contributed by atoms with van der Waals surface area (Å²) in [5.74, 6) is 0. The predicted molar refractivity (Wildman–Crippen MR) is 87.0 cm³/mol. The second-order valence-electron chi connectivity index (χ2n) is 8.13. The third-order valence-electron chi connectivity index (χ3n) is 5.02. The Kier molecular flexibility index (Phi) is 4.64. The van der Waals surface area contributed by atoms with E-state index >= 15 is 0 Å². The van der Waals surface area contributed by atoms with Gasteiger partial charge < -0.3 is 15.0 Å². The van der Waals surface area contributed by atoms with Crippen molar-refractivity contribution in [2.24, 2.45) is 0 Å². The van der Waals surface area contributed by atoms with Crippen molar-refractivity contribution in [3.05, 3.63) is 0 Å². The van der Waals surface area contributed by atoms with Gasteiger partial charge in [0, 0.05) is 31.2 Å². The number of carbonyl (C=O) groups excluding carboxylic acids is 1. The highest BCUT2D eigenvalue weighted by Crippen LogP contribution is 2.31. The molecule has 2 saturated heterocycles. The van der Waals surface area contributed by atoms with E-state index in [1.54, 1.807) is 0 Å². The molecule has 22 heavy (non-hydrogen) atoms. The van der Waals surface area contributed by atoms with Crippen molar-refractivity contribution in [2.45, 2.75) is 76.6 Å². The van der Waals surface area contributed by atoms with Crippen LogP contribution in [0.2, 0.25) is 0 Å². The molecule has 3 aliphatic rings. The van der Waals surface area contributed by atoms with Gasteiger partial charge in [0.1, 0.15) is 5.60 Å². The van der Waals surface area contributed by atoms with E-state index in [2.05, 4.69) is 15.1 Å². The molecule has 0 aromatic carbocycles. The molecule has 2 aliphatic heterocycles. The lowest BCUT2D eigenvalue weighted by molar-refractivity contribution is 0.0501. The maximum Gasteiger partial charge on any atom is 0.407 e. The van der Waals surface area contributed by atoms with Crippen LogP contribution in [0.5, 0.6) is 0 Å². The first-order valence-electron chi connectivity index (χ1n) is 8.88. The maximum absolute atomic E-state index is 11.9. The topological polar surface area (TPSA) is 44.8 Å². The number of hydrogen-bond acceptors (Lipinski definition) is 4. The van der Waals surface area contributed by atoms with Crippen molar-refractivity contribution in [2.75, 3.05) is 26.2 Å². The highest BCUT2D eigenvalue weighted by molar-refractivity contribution is 5.68. The molecule has 126 valence electrons. The largest absolute Gasteiger partial charge is 0.444 e. The average molecular weight is 309 g/mol. The summed E-state index contributed by atoms with van der Waals surface area (Å²) in [5, 5.41) is 3.03. The van der Waals surface area contributed by atoms with Crippen LogP contribution in [0.1, 0.15) is 52.9 Å². The molecular weight excluding hydrogens is 278 g/mol. The Morgan fingerprint density at radius 2 is 1.55 bits per heavy atom. The predicted octanol–water partition coefficient (Wildman–Crippen LogP) is 2.21. The molecule has 5 nitrogen and oxygen atoms in total. The third-order valence-corrected chi connectivity index (χ3v) is 5.02. The second-order valence-corrected chi connectivity index (χ2v) is 8.13. The van der Waals surface area contributed by atoms with Gasteiger partial charge in [0.15, 0.2) is 0 Å². The highest BCUT2D eigenvalue weighted by Gasteiger charge is 2.35. The molecule has 1 atom stereocenters. The summed E-state index contributed by atoms with van der Waals surface area (Å²) in [7, 11) is 0. The van der Waals surface area contributed by atoms with Crippen LogP contribution in [0.25, 0.3) is 0 Å². The van der Waals surface area contributed by atoms with Crippen molar-refractivity contribution in [3.63, 3.8) is 0 Å². The molecule has 5 heteroatoms. The van der Waals surface area contributed by atoms with Crippen LogP contribution in [-0.4, -0.2) is 65.8 Å². The lowest BCUT2D eigenvalue weighted by Crippen LogP contribution is -2.46. The fraction of sp³-hybridized carbons (Fsp3) is 0.941. The minimum Gasteiger partial charge on any atom is -0.444 e. The molecule has 0 radical (unpaired) electrons. The Hall–Kier alpha value is -0.810. The Labute approximate surface area is 134 Å². The number of rotatable bonds is 3. The Morgan fingerprint density at radius 1 is 0.955 bits per heavy atom. The van der Waals surface area contributed by atoms with E-state index in [1.807, 2.05) is 20.8 Å². The van der Waals surface area contributed by atoms with Crippen LogP contribution in [0.15, 0.2) is 0 Å². The SMILES string of the molecule is CC(C)(C)OC(=O)NC1CCN(C2CCN(C3CC3)CC2)C1. The quantitative estimate of drug-likeness (QED) is 0.868. The van der Waals surface area contributed by atoms with Crippen LogP contribution >= 0.6 is 0 Å². The van der Waals surface area contributed by atoms with Gasteiger partial charge in [-0.1, -0.05) is 0 Å². The number of alkyl carbamates (subject to hydrolysis) is 1. The van der Waals surface area contributed by atoms with E-state index in [-0.39, 0.29) is 12.1 Å². The maximum atomic E-state index is 11.9. The van der Waals surface area contributed by atoms with Gasteiger partial charge >= 0.3 is 6.09 Å². The molecule has 0 bridgehead atoms. The summed E-state index contributed by atoms with van der Waals surface area (Å²) >= 11 is 0. The third kappa shape index (κ3) is 4.35. The lowest BCUT2D eigenvalue weighted by atomic mass is 10.0. The van der Waals surface area contributed by atoms with E-state index in [4.69, 9.17) is 4.74 Å². The summed E-state index contributed by atoms with van der Waals surface area (Å²) in [6.45, 7) is 10.3. The van der Waals surface area contributed by atoms with Gasteiger partial charge in [0.2, 0.25) is 0 Å². The Bertz CT molecular complexity index is 395. The summed E-state index contributed by atoms with van der Waals surface area (Å²) < 4.78 is 5.35. The Morgan fingerprint density at radius 3 is 2.14 bits per heavy atom. The lowest BCUT2D eigenvalue weighted by Gasteiger charge is -2.36. The molecule has 0 spiro atoms. The van der Waals surface area contributed by atoms with Gasteiger partial charge in [0.05, 0.1) is 0 Å². The number of nitrogens with zero attached hydrogens (tertiary/aromatic N) is 2. The number of nitrogens with one attached hydrogen (secondary N) is 1. The molecule has 1 aliphatic carbocycles. The standard InChI is InChI=1S/C17H31N3O2/c1-17(2,3)22-16(21)18-13-6-9-20(12-13)15-7-10-19(11-8-15)14-4-5-14/h13-15H,4-12H2,1-3H3,(H,18,21). The van der Waals surface area contributed by atoms with Crippen LogP contribution in [0, 0.1) is 0 Å². The number of hydrogen-bond donors (Lipinski definition) is 1. The Balaban J connectivity index is 1.39. The molecule has 3 fully saturated rings. The van der Waals surface area contributed by atoms with Crippen molar-refractivity contribution in [1.29, 1.82) is 0 Å². The number of piperidine rings is 1. The van der Waals surface area contributed by atoms with Crippen molar-refractivity contribution in [3.8, 4) is 0 Å². The molecule has 0 aromatic rings. The van der Waals surface area contributed by atoms with Gasteiger partial charge in [-0.05, 0) is 66.0 Å². The van der Waals surface area contributed by atoms with Crippen molar-refractivity contribution in [1.82, 2.24) is 15.1 Å². The van der Waals surface area contributed by atoms with Crippen molar-refractivity contribution >= 4 is 6.09 Å². The van der Waals surface area contributed by atoms with E-state index in [9.17, 15) is 4.79 Å². The van der Waals surface area contributed by atoms with E-state index in [0.29, 0.717) is 6.04 Å². The minimum absolute atomic E-state index is 0.247. The zero-order valence-corrected chi connectivity index (χ0v) is 14.3. The smallest absolute Gasteiger partial charge is 0.407 e. The number of ether oxygens (including phenoxy) is 1. The first kappa shape index (κ1) is 16.1. The average Bonchev–Trinajstić information content (AvgIpc) is 3.18. The zero-order chi connectivity index (χ0) is 15.7. The van der Waals surface area contributed by atoms with Crippen LogP contribution in [-0.2, 0) is 4.74 Å². The second kappa shape index (κ2) is 6.36. The fourth-order valence-corrected chi connectivity index (χ4v) is 3.77. The number of carbonyl (C=O) groups is 1. The summed E-state index contributed by atoms with van der Waals surface area (Å²) in [6.07, 6.45) is 6.17. The van der Waals surface area contributed by atoms with E-state index in [0.717, 1.165) is 25.6 Å². The number of likely N-dealkylation sites (tertiary alicyclic amines) is 2. The minimum atomic E-state index is -0.419. The summed E-state index contributed by atoms with van der Waals surface area (Å²) in [4.78, 5) is 17.1. The van der Waals surface area contributed by atoms with Gasteiger partial charge in [-0.2, -0.15) is 0 Å². The molecular formula is C17H31N3O2. The van der Waals surface area contributed by atoms with Gasteiger partial charge in [-0.15, -0.1) is 0 Å². The van der Waals surface area contributed by atoms with Crippen LogP contribution < -0.4 is 5.32 Å². The molecule has 2 heterocycles. The van der Waals surface area contributed by atoms with E-state index in [1.165, 1.54) is 38.8 Å². The van der Waals surface area contributed by atoms with Gasteiger partial charge in [-0.25, -0.2) is 4.79 Å². The first-order chi connectivity index (χ1) is 10.4. The van der Waals surface area contributed by atoms with Crippen LogP contribution in [0.3, 0.4) is 0 Å². The van der Waals surface area contributed by atoms with E-state index < -0.39 is 5.60 Å². The molecule has 1 unspecified atom stereocenters. The molecule has 0 aromatic heterocycles. The molecule has 1 N–H and O–H groups in total. The highest BCUT2D eigenvalue weighted by atomic mass is 16.6. The fourth-order valence-electron chi connectivity index (χ4n) is 3.77. The summed E-state index contributed by atoms with van der Waals surface area (Å²) in [5.41, 5.74) is -0.419. The summed E-state index contributed by atoms with van der Waals surface area (Å²) in [6, 6.07) is 1.86. The molecule has 3 rings (SSSR count). The van der Waals surface area contributed by atoms with Gasteiger partial charge in [0.25, 0.3) is 0 Å².